The number of hydrogen-bond acceptors (Lipinski definition) is 5. The summed E-state index contributed by atoms with van der Waals surface area (Å²) in [5.41, 5.74) is 22.3. The molecule has 0 saturated heterocycles. The topological polar surface area (TPSA) is 109 Å². The summed E-state index contributed by atoms with van der Waals surface area (Å²) in [6.45, 7) is 14.0. The smallest absolute Gasteiger partial charge is 0.270 e. The molecule has 0 unspecified atom stereocenters. The van der Waals surface area contributed by atoms with E-state index in [1.807, 2.05) is 79.7 Å². The average molecular weight is 627 g/mol. The quantitative estimate of drug-likeness (QED) is 0.0743. The van der Waals surface area contributed by atoms with Crippen LogP contribution in [0.4, 0.5) is 17.1 Å². The van der Waals surface area contributed by atoms with Crippen molar-refractivity contribution in [2.24, 2.45) is 0 Å². The number of rotatable bonds is 4. The molecule has 7 heteroatoms. The highest BCUT2D eigenvalue weighted by molar-refractivity contribution is 6.28. The Morgan fingerprint density at radius 1 is 0.771 bits per heavy atom. The second kappa shape index (κ2) is 11.5. The zero-order valence-electron chi connectivity index (χ0n) is 27.3. The number of anilines is 3. The van der Waals surface area contributed by atoms with Gasteiger partial charge in [0.05, 0.1) is 29.5 Å². The van der Waals surface area contributed by atoms with Gasteiger partial charge in [-0.1, -0.05) is 66.4 Å². The van der Waals surface area contributed by atoms with E-state index in [9.17, 15) is 5.26 Å². The zero-order chi connectivity index (χ0) is 33.9. The molecule has 48 heavy (non-hydrogen) atoms. The van der Waals surface area contributed by atoms with Gasteiger partial charge in [0.15, 0.2) is 0 Å². The Hall–Kier alpha value is -6.31. The normalized spacial score (nSPS) is 14.7. The van der Waals surface area contributed by atoms with Gasteiger partial charge in [0.2, 0.25) is 5.71 Å². The largest absolute Gasteiger partial charge is 0.872 e. The lowest BCUT2D eigenvalue weighted by Crippen LogP contribution is -2.30. The summed E-state index contributed by atoms with van der Waals surface area (Å²) in [5, 5.41) is 28.5. The number of benzene rings is 5. The molecule has 4 N–H and O–H groups in total. The van der Waals surface area contributed by atoms with E-state index in [4.69, 9.17) is 18.0 Å². The van der Waals surface area contributed by atoms with E-state index in [-0.39, 0.29) is 17.0 Å². The Kier molecular flexibility index (Phi) is 7.27. The van der Waals surface area contributed by atoms with Crippen molar-refractivity contribution in [1.82, 2.24) is 0 Å². The number of nitrogen functional groups attached to an aromatic ring is 2. The van der Waals surface area contributed by atoms with Crippen molar-refractivity contribution in [1.29, 1.82) is 5.26 Å². The number of nitrogens with zero attached hydrogens (tertiary/aromatic N) is 4. The van der Waals surface area contributed by atoms with Crippen LogP contribution < -0.4 is 21.5 Å². The SMILES string of the molecule is [C-]#[N+]/C(C#N)=C1\C(=C2c3ccccc3C(=[N+](CC)CC)c3ccccc32)C([O-])=C1c1c2c(N)cccc2c(N(C)C)c2cccc(N)c12. The zero-order valence-corrected chi connectivity index (χ0v) is 27.3. The van der Waals surface area contributed by atoms with Crippen molar-refractivity contribution in [3.05, 3.63) is 147 Å². The predicted octanol–water partition coefficient (Wildman–Crippen LogP) is 6.71. The first-order valence-electron chi connectivity index (χ1n) is 16.0. The summed E-state index contributed by atoms with van der Waals surface area (Å²) < 4.78 is 2.33. The van der Waals surface area contributed by atoms with E-state index < -0.39 is 0 Å². The predicted molar refractivity (Wildman–Crippen MR) is 194 cm³/mol. The third kappa shape index (κ3) is 4.15. The number of allylic oxidation sites excluding steroid dienone is 3. The van der Waals surface area contributed by atoms with Gasteiger partial charge in [-0.25, -0.2) is 14.7 Å². The Morgan fingerprint density at radius 2 is 1.27 bits per heavy atom. The first-order valence-corrected chi connectivity index (χ1v) is 16.0. The van der Waals surface area contributed by atoms with E-state index in [0.29, 0.717) is 38.9 Å². The van der Waals surface area contributed by atoms with Crippen LogP contribution in [0.15, 0.2) is 108 Å². The number of nitriles is 1. The summed E-state index contributed by atoms with van der Waals surface area (Å²) in [5.74, 6) is -0.251. The van der Waals surface area contributed by atoms with E-state index in [2.05, 4.69) is 41.5 Å². The number of hydrogen-bond donors (Lipinski definition) is 2. The molecule has 0 fully saturated rings. The standard InChI is InChI=1S/C41H34N6O/c1-6-47(7-2)40-25-16-10-8-14-23(25)32(24-15-9-11-17-26(24)40)37-35(31(22-42)45-3)38(41(37)48)36-33-27(18-12-20-29(33)43)39(46(4)5)28-19-13-21-30(44)34(28)36/h8-21H,6-7,43-44H2,1-2,4-5H3/b35-31+. The number of nitrogens with two attached hydrogens (primary N) is 2. The number of fused-ring (bicyclic) bond motifs is 4. The molecular formula is C41H34N6O. The Morgan fingerprint density at radius 3 is 1.71 bits per heavy atom. The van der Waals surface area contributed by atoms with Crippen LogP contribution in [0.5, 0.6) is 0 Å². The van der Waals surface area contributed by atoms with Crippen molar-refractivity contribution in [3.8, 4) is 6.07 Å². The molecule has 0 saturated carbocycles. The lowest BCUT2D eigenvalue weighted by atomic mass is 9.69. The summed E-state index contributed by atoms with van der Waals surface area (Å²) >= 11 is 0. The van der Waals surface area contributed by atoms with Crippen LogP contribution in [-0.4, -0.2) is 37.5 Å². The van der Waals surface area contributed by atoms with Crippen LogP contribution in [0, 0.1) is 17.9 Å². The van der Waals surface area contributed by atoms with Crippen LogP contribution in [0.3, 0.4) is 0 Å². The lowest BCUT2D eigenvalue weighted by molar-refractivity contribution is -0.519. The molecule has 0 aromatic heterocycles. The first-order chi connectivity index (χ1) is 23.3. The van der Waals surface area contributed by atoms with Gasteiger partial charge in [-0.2, -0.15) is 0 Å². The van der Waals surface area contributed by atoms with Gasteiger partial charge in [-0.15, -0.1) is 0 Å². The average Bonchev–Trinajstić information content (AvgIpc) is 3.09. The molecule has 0 amide bonds. The molecule has 2 aliphatic carbocycles. The fourth-order valence-electron chi connectivity index (χ4n) is 7.62. The van der Waals surface area contributed by atoms with Crippen LogP contribution in [-0.2, 0) is 0 Å². The maximum atomic E-state index is 15.0. The highest BCUT2D eigenvalue weighted by Gasteiger charge is 2.39. The van der Waals surface area contributed by atoms with Crippen molar-refractivity contribution in [2.45, 2.75) is 13.8 Å². The van der Waals surface area contributed by atoms with E-state index in [0.717, 1.165) is 63.1 Å². The molecule has 7 nitrogen and oxygen atoms in total. The van der Waals surface area contributed by atoms with Crippen LogP contribution in [0.25, 0.3) is 37.5 Å². The molecule has 0 aliphatic heterocycles. The van der Waals surface area contributed by atoms with Gasteiger partial charge in [0.25, 0.3) is 5.70 Å². The van der Waals surface area contributed by atoms with E-state index in [1.165, 1.54) is 0 Å². The first kappa shape index (κ1) is 30.3. The molecule has 7 rings (SSSR count). The van der Waals surface area contributed by atoms with E-state index >= 15 is 5.11 Å². The van der Waals surface area contributed by atoms with Gasteiger partial charge in [0, 0.05) is 58.2 Å². The summed E-state index contributed by atoms with van der Waals surface area (Å²) in [4.78, 5) is 5.71. The molecule has 0 radical (unpaired) electrons. The van der Waals surface area contributed by atoms with Gasteiger partial charge in [-0.3, -0.25) is 0 Å². The lowest BCUT2D eigenvalue weighted by Gasteiger charge is -2.41. The maximum Gasteiger partial charge on any atom is 0.270 e. The third-order valence-electron chi connectivity index (χ3n) is 9.54. The second-order valence-corrected chi connectivity index (χ2v) is 12.2. The minimum atomic E-state index is -0.251. The van der Waals surface area contributed by atoms with Crippen molar-refractivity contribution >= 4 is 55.5 Å². The molecular weight excluding hydrogens is 592 g/mol. The molecule has 5 aromatic rings. The summed E-state index contributed by atoms with van der Waals surface area (Å²) in [7, 11) is 3.92. The summed E-state index contributed by atoms with van der Waals surface area (Å²) in [6, 6.07) is 29.6. The Bertz CT molecular complexity index is 2310. The molecule has 0 spiro atoms. The third-order valence-corrected chi connectivity index (χ3v) is 9.54. The fourth-order valence-corrected chi connectivity index (χ4v) is 7.62. The molecule has 0 atom stereocenters. The monoisotopic (exact) mass is 626 g/mol. The molecule has 0 bridgehead atoms. The van der Waals surface area contributed by atoms with Gasteiger partial charge in [-0.05, 0) is 66.0 Å². The highest BCUT2D eigenvalue weighted by atomic mass is 16.3. The van der Waals surface area contributed by atoms with Crippen molar-refractivity contribution in [3.63, 3.8) is 0 Å². The highest BCUT2D eigenvalue weighted by Crippen LogP contribution is 2.56. The summed E-state index contributed by atoms with van der Waals surface area (Å²) in [6.07, 6.45) is 0. The molecule has 5 aromatic carbocycles. The minimum absolute atomic E-state index is 0.150. The van der Waals surface area contributed by atoms with Crippen LogP contribution in [0.1, 0.15) is 41.7 Å². The van der Waals surface area contributed by atoms with Gasteiger partial charge >= 0.3 is 0 Å². The van der Waals surface area contributed by atoms with E-state index in [1.54, 1.807) is 12.1 Å². The van der Waals surface area contributed by atoms with Gasteiger partial charge < -0.3 is 21.5 Å². The minimum Gasteiger partial charge on any atom is -0.872 e. The van der Waals surface area contributed by atoms with Crippen molar-refractivity contribution < 1.29 is 9.68 Å². The second-order valence-electron chi connectivity index (χ2n) is 12.2. The molecule has 0 heterocycles. The van der Waals surface area contributed by atoms with Gasteiger partial charge in [0.1, 0.15) is 13.1 Å². The van der Waals surface area contributed by atoms with Crippen LogP contribution in [0.2, 0.25) is 0 Å². The Balaban J connectivity index is 1.70. The Labute approximate surface area is 280 Å². The van der Waals surface area contributed by atoms with Crippen molar-refractivity contribution in [2.75, 3.05) is 43.6 Å². The fraction of sp³-hybridized carbons (Fsp3) is 0.146. The maximum absolute atomic E-state index is 15.0. The molecule has 234 valence electrons. The van der Waals surface area contributed by atoms with Crippen LogP contribution >= 0.6 is 0 Å². The molecule has 2 aliphatic rings.